The molecule has 0 amide bonds. The number of hydrogen-bond donors (Lipinski definition) is 9. The number of aromatic hydroxyl groups is 4. The van der Waals surface area contributed by atoms with Crippen molar-refractivity contribution in [2.24, 2.45) is 20.5 Å². The van der Waals surface area contributed by atoms with Gasteiger partial charge in [0, 0.05) is 34.3 Å². The molecule has 0 saturated carbocycles. The van der Waals surface area contributed by atoms with E-state index in [9.17, 15) is 92.5 Å². The number of nitro benzene ring substituents is 2. The van der Waals surface area contributed by atoms with E-state index in [-0.39, 0.29) is 32.9 Å². The Morgan fingerprint density at radius 2 is 0.810 bits per heavy atom. The van der Waals surface area contributed by atoms with Crippen LogP contribution in [0.5, 0.6) is 23.0 Å². The van der Waals surface area contributed by atoms with Crippen LogP contribution in [-0.4, -0.2) is 82.2 Å². The van der Waals surface area contributed by atoms with Gasteiger partial charge in [0.2, 0.25) is 11.5 Å². The smallest absolute Gasteiger partial charge is 0.314 e. The lowest BCUT2D eigenvalue weighted by molar-refractivity contribution is -0.386. The Bertz CT molecular complexity index is 3310. The molecule has 0 aliphatic rings. The Balaban J connectivity index is 1.40. The molecule has 0 fully saturated rings. The maximum Gasteiger partial charge on any atom is 0.314 e. The molecule has 6 rings (SSSR count). The second kappa shape index (κ2) is 15.7. The van der Waals surface area contributed by atoms with E-state index < -0.39 is 127 Å². The van der Waals surface area contributed by atoms with Gasteiger partial charge in [-0.05, 0) is 71.4 Å². The topological polar surface area (TPSA) is 446 Å². The van der Waals surface area contributed by atoms with Gasteiger partial charge in [0.25, 0.3) is 40.5 Å². The van der Waals surface area contributed by atoms with E-state index in [4.69, 9.17) is 0 Å². The molecule has 0 aliphatic heterocycles. The number of nitrogens with zero attached hydrogens (tertiary/aromatic N) is 6. The molecule has 6 aromatic rings. The van der Waals surface area contributed by atoms with Crippen LogP contribution in [0, 0.1) is 20.2 Å². The van der Waals surface area contributed by atoms with Gasteiger partial charge in [0.05, 0.1) is 9.85 Å². The standard InChI is InChI=1S/C32H21N7O20S4/c40-29-19-3-1-15(5-13(19)7-25(62(54,55)56)27(29)36-34-21-9-17(60(48,49)50)11-23(31(21)42)38(44)45)33-16-2-4-20-14(6-16)8-26(63(57,58)59)28(30(20)41)37-35-22-10-18(61(51,52)53)12-24(32(22)43)39(46)47/h1-12,33,40-43H,(H,48,49,50)(H,51,52,53)(H,54,55,56)(H,57,58,59). The number of phenolic OH excluding ortho intramolecular Hbond substituents is 4. The Labute approximate surface area is 349 Å². The maximum absolute atomic E-state index is 12.4. The van der Waals surface area contributed by atoms with Crippen LogP contribution in [0.25, 0.3) is 21.5 Å². The number of azo groups is 2. The van der Waals surface area contributed by atoms with Crippen LogP contribution in [0.2, 0.25) is 0 Å². The lowest BCUT2D eigenvalue weighted by Crippen LogP contribution is -2.00. The van der Waals surface area contributed by atoms with E-state index >= 15 is 0 Å². The van der Waals surface area contributed by atoms with E-state index in [1.807, 2.05) is 0 Å². The molecule has 0 aromatic heterocycles. The number of hydrogen-bond acceptors (Lipinski definition) is 21. The first-order valence-corrected chi connectivity index (χ1v) is 21.9. The van der Waals surface area contributed by atoms with Crippen molar-refractivity contribution in [2.45, 2.75) is 19.6 Å². The molecule has 0 bridgehead atoms. The summed E-state index contributed by atoms with van der Waals surface area (Å²) in [5, 5.41) is 81.5. The minimum Gasteiger partial charge on any atom is -0.505 e. The summed E-state index contributed by atoms with van der Waals surface area (Å²) in [5.41, 5.74) is -6.23. The number of nitrogens with one attached hydrogen (secondary N) is 1. The highest BCUT2D eigenvalue weighted by atomic mass is 32.2. The van der Waals surface area contributed by atoms with Gasteiger partial charge in [-0.1, -0.05) is 0 Å². The number of anilines is 2. The van der Waals surface area contributed by atoms with E-state index in [1.54, 1.807) is 0 Å². The zero-order chi connectivity index (χ0) is 46.7. The van der Waals surface area contributed by atoms with Crippen molar-refractivity contribution in [1.29, 1.82) is 0 Å². The van der Waals surface area contributed by atoms with Gasteiger partial charge in [0.1, 0.15) is 42.3 Å². The van der Waals surface area contributed by atoms with Crippen LogP contribution in [0.15, 0.2) is 113 Å². The molecular formula is C32H21N7O20S4. The van der Waals surface area contributed by atoms with Crippen molar-refractivity contribution in [3.8, 4) is 23.0 Å². The van der Waals surface area contributed by atoms with Crippen LogP contribution >= 0.6 is 0 Å². The molecule has 0 spiro atoms. The monoisotopic (exact) mass is 951 g/mol. The fraction of sp³-hybridized carbons (Fsp3) is 0. The predicted molar refractivity (Wildman–Crippen MR) is 212 cm³/mol. The van der Waals surface area contributed by atoms with Gasteiger partial charge < -0.3 is 25.7 Å². The average Bonchev–Trinajstić information content (AvgIpc) is 3.16. The highest BCUT2D eigenvalue weighted by Gasteiger charge is 2.28. The van der Waals surface area contributed by atoms with Crippen molar-refractivity contribution >= 4 is 108 Å². The minimum absolute atomic E-state index is 0.113. The molecule has 0 radical (unpaired) electrons. The Morgan fingerprint density at radius 1 is 0.460 bits per heavy atom. The second-order valence-electron chi connectivity index (χ2n) is 12.6. The summed E-state index contributed by atoms with van der Waals surface area (Å²) in [6.07, 6.45) is 0. The fourth-order valence-corrected chi connectivity index (χ4v) is 8.06. The van der Waals surface area contributed by atoms with E-state index in [0.29, 0.717) is 24.3 Å². The zero-order valence-electron chi connectivity index (χ0n) is 30.2. The first-order chi connectivity index (χ1) is 29.1. The van der Waals surface area contributed by atoms with Crippen molar-refractivity contribution in [3.63, 3.8) is 0 Å². The van der Waals surface area contributed by atoms with Gasteiger partial charge in [-0.2, -0.15) is 33.7 Å². The third-order valence-electron chi connectivity index (χ3n) is 8.54. The van der Waals surface area contributed by atoms with Crippen LogP contribution in [0.4, 0.5) is 45.5 Å². The average molecular weight is 952 g/mol. The number of phenols is 4. The third kappa shape index (κ3) is 9.09. The molecule has 27 nitrogen and oxygen atoms in total. The molecule has 9 N–H and O–H groups in total. The highest BCUT2D eigenvalue weighted by molar-refractivity contribution is 7.86. The SMILES string of the molecule is O=[N+]([O-])c1cc(S(=O)(=O)O)cc(N=Nc2c(S(=O)(=O)O)cc3cc(Nc4ccc5c(O)c(N=Nc6cc(S(=O)(=O)O)cc([N+](=O)[O-])c6O)c(S(=O)(=O)O)cc5c4)ccc3c2O)c1O. The molecule has 63 heavy (non-hydrogen) atoms. The van der Waals surface area contributed by atoms with Crippen molar-refractivity contribution in [3.05, 3.63) is 93.0 Å². The number of fused-ring (bicyclic) bond motifs is 2. The first-order valence-electron chi connectivity index (χ1n) is 16.2. The summed E-state index contributed by atoms with van der Waals surface area (Å²) in [4.78, 5) is 15.8. The van der Waals surface area contributed by atoms with Gasteiger partial charge in [-0.15, -0.1) is 20.5 Å². The number of nitro groups is 2. The molecule has 0 aliphatic carbocycles. The summed E-state index contributed by atoms with van der Waals surface area (Å²) in [6.45, 7) is 0. The van der Waals surface area contributed by atoms with Crippen molar-refractivity contribution in [2.75, 3.05) is 5.32 Å². The largest absolute Gasteiger partial charge is 0.505 e. The van der Waals surface area contributed by atoms with Crippen LogP contribution in [-0.2, 0) is 40.5 Å². The van der Waals surface area contributed by atoms with E-state index in [0.717, 1.165) is 12.1 Å². The molecule has 0 saturated heterocycles. The summed E-state index contributed by atoms with van der Waals surface area (Å²) in [5.74, 6) is -4.49. The highest BCUT2D eigenvalue weighted by Crippen LogP contribution is 2.47. The third-order valence-corrected chi connectivity index (χ3v) is 11.9. The maximum atomic E-state index is 12.4. The van der Waals surface area contributed by atoms with E-state index in [2.05, 4.69) is 25.8 Å². The van der Waals surface area contributed by atoms with Gasteiger partial charge in [-0.3, -0.25) is 38.4 Å². The zero-order valence-corrected chi connectivity index (χ0v) is 33.5. The van der Waals surface area contributed by atoms with E-state index in [1.165, 1.54) is 36.4 Å². The molecule has 0 unspecified atom stereocenters. The van der Waals surface area contributed by atoms with Crippen LogP contribution in [0.3, 0.4) is 0 Å². The summed E-state index contributed by atoms with van der Waals surface area (Å²) < 4.78 is 135. The summed E-state index contributed by atoms with van der Waals surface area (Å²) in [7, 11) is -20.8. The molecule has 31 heteroatoms. The lowest BCUT2D eigenvalue weighted by atomic mass is 10.1. The van der Waals surface area contributed by atoms with Gasteiger partial charge in [0.15, 0.2) is 11.5 Å². The molecule has 0 heterocycles. The molecule has 6 aromatic carbocycles. The first kappa shape index (κ1) is 45.0. The quantitative estimate of drug-likeness (QED) is 0.0285. The summed E-state index contributed by atoms with van der Waals surface area (Å²) in [6, 6.07) is 10.5. The predicted octanol–water partition coefficient (Wildman–Crippen LogP) is 6.19. The molecule has 328 valence electrons. The summed E-state index contributed by atoms with van der Waals surface area (Å²) >= 11 is 0. The second-order valence-corrected chi connectivity index (χ2v) is 18.2. The van der Waals surface area contributed by atoms with Crippen LogP contribution in [0.1, 0.15) is 0 Å². The van der Waals surface area contributed by atoms with Gasteiger partial charge in [-0.25, -0.2) is 0 Å². The normalized spacial score (nSPS) is 12.7. The minimum atomic E-state index is -5.29. The number of benzene rings is 6. The van der Waals surface area contributed by atoms with Crippen molar-refractivity contribution in [1.82, 2.24) is 0 Å². The Kier molecular flexibility index (Phi) is 11.3. The molecular weight excluding hydrogens is 931 g/mol. The number of rotatable bonds is 12. The molecule has 0 atom stereocenters. The Morgan fingerprint density at radius 3 is 1.11 bits per heavy atom. The Hall–Kier alpha value is -7.52. The lowest BCUT2D eigenvalue weighted by Gasteiger charge is -2.13. The van der Waals surface area contributed by atoms with Crippen molar-refractivity contribution < 1.29 is 82.2 Å². The van der Waals surface area contributed by atoms with Crippen LogP contribution < -0.4 is 5.32 Å². The fourth-order valence-electron chi connectivity index (χ4n) is 5.71. The van der Waals surface area contributed by atoms with Gasteiger partial charge >= 0.3 is 11.4 Å².